The monoisotopic (exact) mass is 422 g/mol. The van der Waals surface area contributed by atoms with E-state index in [4.69, 9.17) is 4.42 Å². The lowest BCUT2D eigenvalue weighted by molar-refractivity contribution is -0.137. The van der Waals surface area contributed by atoms with Gasteiger partial charge < -0.3 is 9.73 Å². The summed E-state index contributed by atoms with van der Waals surface area (Å²) in [5.41, 5.74) is 1.65. The van der Waals surface area contributed by atoms with Crippen LogP contribution in [-0.2, 0) is 6.18 Å². The number of rotatable bonds is 3. The van der Waals surface area contributed by atoms with Crippen molar-refractivity contribution in [1.82, 2.24) is 0 Å². The highest BCUT2D eigenvalue weighted by Gasteiger charge is 2.29. The number of fused-ring (bicyclic) bond motifs is 1. The first kappa shape index (κ1) is 20.4. The minimum absolute atomic E-state index is 0.00421. The summed E-state index contributed by atoms with van der Waals surface area (Å²) in [5.74, 6) is -0.436. The Labute approximate surface area is 175 Å². The molecule has 156 valence electrons. The van der Waals surface area contributed by atoms with Gasteiger partial charge in [0.25, 0.3) is 5.91 Å². The molecule has 0 aliphatic heterocycles. The van der Waals surface area contributed by atoms with Crippen LogP contribution in [0.25, 0.3) is 11.0 Å². The van der Waals surface area contributed by atoms with E-state index in [0.29, 0.717) is 16.7 Å². The maximum atomic E-state index is 13.0. The molecule has 0 fully saturated rings. The number of carbonyl (C=O) groups excluding carboxylic acids is 1. The van der Waals surface area contributed by atoms with Gasteiger partial charge >= 0.3 is 6.18 Å². The average Bonchev–Trinajstić information content (AvgIpc) is 2.74. The van der Waals surface area contributed by atoms with E-state index < -0.39 is 17.6 Å². The smallest absolute Gasteiger partial charge is 0.416 e. The van der Waals surface area contributed by atoms with Crippen molar-refractivity contribution in [2.45, 2.75) is 13.1 Å². The predicted molar refractivity (Wildman–Crippen MR) is 112 cm³/mol. The normalized spacial score (nSPS) is 12.2. The zero-order valence-electron chi connectivity index (χ0n) is 16.4. The summed E-state index contributed by atoms with van der Waals surface area (Å²) in [4.78, 5) is 17.3. The number of aryl methyl sites for hydroxylation is 1. The van der Waals surface area contributed by atoms with Crippen LogP contribution in [0.3, 0.4) is 0 Å². The van der Waals surface area contributed by atoms with Crippen LogP contribution >= 0.6 is 0 Å². The van der Waals surface area contributed by atoms with E-state index in [0.717, 1.165) is 17.7 Å². The Balaban J connectivity index is 1.81. The number of nitrogens with zero attached hydrogens (tertiary/aromatic N) is 1. The van der Waals surface area contributed by atoms with Crippen molar-refractivity contribution in [1.29, 1.82) is 0 Å². The summed E-state index contributed by atoms with van der Waals surface area (Å²) in [7, 11) is 0. The molecule has 4 aromatic rings. The van der Waals surface area contributed by atoms with Crippen molar-refractivity contribution in [3.8, 4) is 0 Å². The molecule has 1 aromatic heterocycles. The van der Waals surface area contributed by atoms with Gasteiger partial charge in [0.15, 0.2) is 0 Å². The van der Waals surface area contributed by atoms with Crippen LogP contribution in [-0.4, -0.2) is 5.91 Å². The summed E-state index contributed by atoms with van der Waals surface area (Å²) < 4.78 is 44.3. The molecule has 4 nitrogen and oxygen atoms in total. The Morgan fingerprint density at radius 2 is 1.61 bits per heavy atom. The number of hydrogen-bond donors (Lipinski definition) is 1. The molecular weight excluding hydrogens is 405 g/mol. The molecule has 0 saturated heterocycles. The number of para-hydroxylation sites is 2. The Morgan fingerprint density at radius 1 is 0.935 bits per heavy atom. The van der Waals surface area contributed by atoms with E-state index in [9.17, 15) is 18.0 Å². The van der Waals surface area contributed by atoms with Crippen LogP contribution < -0.4 is 10.9 Å². The number of nitrogens with one attached hydrogen (secondary N) is 1. The van der Waals surface area contributed by atoms with Gasteiger partial charge in [-0.3, -0.25) is 4.79 Å². The van der Waals surface area contributed by atoms with Crippen LogP contribution in [0, 0.1) is 6.92 Å². The van der Waals surface area contributed by atoms with E-state index in [1.54, 1.807) is 36.4 Å². The van der Waals surface area contributed by atoms with E-state index in [-0.39, 0.29) is 16.8 Å². The molecule has 0 unspecified atom stereocenters. The van der Waals surface area contributed by atoms with Crippen LogP contribution in [0.5, 0.6) is 0 Å². The van der Waals surface area contributed by atoms with Crippen molar-refractivity contribution < 1.29 is 22.4 Å². The minimum Gasteiger partial charge on any atom is -0.438 e. The van der Waals surface area contributed by atoms with Crippen molar-refractivity contribution in [2.24, 2.45) is 4.99 Å². The van der Waals surface area contributed by atoms with Gasteiger partial charge in [-0.1, -0.05) is 36.4 Å². The van der Waals surface area contributed by atoms with Crippen LogP contribution in [0.2, 0.25) is 0 Å². The van der Waals surface area contributed by atoms with Crippen LogP contribution in [0.1, 0.15) is 21.5 Å². The third-order valence-corrected chi connectivity index (χ3v) is 4.72. The van der Waals surface area contributed by atoms with E-state index in [1.165, 1.54) is 12.1 Å². The summed E-state index contributed by atoms with van der Waals surface area (Å²) in [6.45, 7) is 1.87. The summed E-state index contributed by atoms with van der Waals surface area (Å²) in [5, 5.41) is 3.54. The number of halogens is 3. The van der Waals surface area contributed by atoms with Crippen molar-refractivity contribution in [2.75, 3.05) is 5.32 Å². The van der Waals surface area contributed by atoms with E-state index in [1.807, 2.05) is 25.1 Å². The number of carbonyl (C=O) groups is 1. The van der Waals surface area contributed by atoms with Gasteiger partial charge in [-0.25, -0.2) is 4.99 Å². The molecule has 0 atom stereocenters. The van der Waals surface area contributed by atoms with Crippen LogP contribution in [0.4, 0.5) is 24.5 Å². The molecular formula is C24H17F3N2O2. The van der Waals surface area contributed by atoms with Gasteiger partial charge in [0.05, 0.1) is 11.3 Å². The molecule has 0 aliphatic rings. The molecule has 1 heterocycles. The topological polar surface area (TPSA) is 54.6 Å². The van der Waals surface area contributed by atoms with Gasteiger partial charge in [-0.15, -0.1) is 0 Å². The first-order valence-corrected chi connectivity index (χ1v) is 9.43. The molecule has 4 rings (SSSR count). The second-order valence-corrected chi connectivity index (χ2v) is 6.93. The van der Waals surface area contributed by atoms with Crippen molar-refractivity contribution in [3.63, 3.8) is 0 Å². The zero-order chi connectivity index (χ0) is 22.0. The fraction of sp³-hybridized carbons (Fsp3) is 0.0833. The SMILES string of the molecule is Cc1ccccc1NC(=O)c1cc2ccccc2oc1=Nc1ccc(C(F)(F)F)cc1. The number of benzene rings is 3. The van der Waals surface area contributed by atoms with Crippen molar-refractivity contribution >= 4 is 28.3 Å². The third-order valence-electron chi connectivity index (χ3n) is 4.72. The largest absolute Gasteiger partial charge is 0.438 e. The predicted octanol–water partition coefficient (Wildman–Crippen LogP) is 6.24. The van der Waals surface area contributed by atoms with Gasteiger partial charge in [0.2, 0.25) is 5.55 Å². The lowest BCUT2D eigenvalue weighted by Gasteiger charge is -2.09. The second-order valence-electron chi connectivity index (χ2n) is 6.93. The fourth-order valence-electron chi connectivity index (χ4n) is 3.06. The van der Waals surface area contributed by atoms with Gasteiger partial charge in [0.1, 0.15) is 11.1 Å². The summed E-state index contributed by atoms with van der Waals surface area (Å²) >= 11 is 0. The fourth-order valence-corrected chi connectivity index (χ4v) is 3.06. The van der Waals surface area contributed by atoms with Gasteiger partial charge in [0, 0.05) is 11.1 Å². The molecule has 0 radical (unpaired) electrons. The highest BCUT2D eigenvalue weighted by Crippen LogP contribution is 2.30. The number of alkyl halides is 3. The molecule has 31 heavy (non-hydrogen) atoms. The Hall–Kier alpha value is -3.87. The third kappa shape index (κ3) is 4.50. The molecule has 1 N–H and O–H groups in total. The molecule has 0 bridgehead atoms. The van der Waals surface area contributed by atoms with E-state index in [2.05, 4.69) is 10.3 Å². The minimum atomic E-state index is -4.44. The molecule has 7 heteroatoms. The number of anilines is 1. The molecule has 0 saturated carbocycles. The van der Waals surface area contributed by atoms with Crippen molar-refractivity contribution in [3.05, 3.63) is 101 Å². The Bertz CT molecular complexity index is 1320. The highest BCUT2D eigenvalue weighted by atomic mass is 19.4. The molecule has 1 amide bonds. The highest BCUT2D eigenvalue weighted by molar-refractivity contribution is 6.05. The summed E-state index contributed by atoms with van der Waals surface area (Å²) in [6.07, 6.45) is -4.44. The molecule has 3 aromatic carbocycles. The Morgan fingerprint density at radius 3 is 2.32 bits per heavy atom. The lowest BCUT2D eigenvalue weighted by atomic mass is 10.1. The Kier molecular flexibility index (Phi) is 5.33. The first-order chi connectivity index (χ1) is 14.8. The van der Waals surface area contributed by atoms with E-state index >= 15 is 0 Å². The first-order valence-electron chi connectivity index (χ1n) is 9.43. The van der Waals surface area contributed by atoms with Gasteiger partial charge in [-0.05, 0) is 55.0 Å². The average molecular weight is 422 g/mol. The number of amides is 1. The molecule has 0 spiro atoms. The second kappa shape index (κ2) is 8.10. The standard InChI is InChI=1S/C24H17F3N2O2/c1-15-6-2-4-8-20(15)29-22(30)19-14-16-7-3-5-9-21(16)31-23(19)28-18-12-10-17(11-13-18)24(25,26)27/h2-14H,1H3,(H,29,30). The van der Waals surface area contributed by atoms with Crippen LogP contribution in [0.15, 0.2) is 88.3 Å². The van der Waals surface area contributed by atoms with Gasteiger partial charge in [-0.2, -0.15) is 13.2 Å². The molecule has 0 aliphatic carbocycles. The number of hydrogen-bond acceptors (Lipinski definition) is 3. The zero-order valence-corrected chi connectivity index (χ0v) is 16.4. The lowest BCUT2D eigenvalue weighted by Crippen LogP contribution is -2.22. The maximum Gasteiger partial charge on any atom is 0.416 e. The maximum absolute atomic E-state index is 13.0. The quantitative estimate of drug-likeness (QED) is 0.425. The summed E-state index contributed by atoms with van der Waals surface area (Å²) in [6, 6.07) is 20.4.